The molecule has 6 heteroatoms. The van der Waals surface area contributed by atoms with Crippen LogP contribution in [0.2, 0.25) is 0 Å². The van der Waals surface area contributed by atoms with Crippen molar-refractivity contribution >= 4 is 11.4 Å². The second kappa shape index (κ2) is 3.52. The number of aryl methyl sites for hydroxylation is 1. The molecule has 0 aliphatic rings. The van der Waals surface area contributed by atoms with Gasteiger partial charge in [-0.3, -0.25) is 0 Å². The second-order valence-corrected chi connectivity index (χ2v) is 3.20. The van der Waals surface area contributed by atoms with Gasteiger partial charge in [0, 0.05) is 22.7 Å². The summed E-state index contributed by atoms with van der Waals surface area (Å²) >= 11 is 0. The van der Waals surface area contributed by atoms with Crippen LogP contribution in [0.1, 0.15) is 23.9 Å². The molecule has 15 heavy (non-hydrogen) atoms. The summed E-state index contributed by atoms with van der Waals surface area (Å²) in [6.07, 6.45) is -4.59. The van der Waals surface area contributed by atoms with Gasteiger partial charge >= 0.3 is 6.18 Å². The van der Waals surface area contributed by atoms with E-state index in [1.54, 1.807) is 0 Å². The summed E-state index contributed by atoms with van der Waals surface area (Å²) < 4.78 is 37.7. The fourth-order valence-electron chi connectivity index (χ4n) is 1.30. The van der Waals surface area contributed by atoms with Crippen LogP contribution in [0.5, 0.6) is 0 Å². The fraction of sp³-hybridized carbons (Fsp3) is 0.333. The van der Waals surface area contributed by atoms with Gasteiger partial charge in [-0.2, -0.15) is 13.2 Å². The van der Waals surface area contributed by atoms with Gasteiger partial charge in [-0.05, 0) is 19.9 Å². The zero-order valence-corrected chi connectivity index (χ0v) is 8.24. The van der Waals surface area contributed by atoms with Crippen LogP contribution in [0.4, 0.5) is 18.9 Å². The Balaban J connectivity index is 3.54. The number of rotatable bonds is 1. The van der Waals surface area contributed by atoms with Crippen molar-refractivity contribution in [3.63, 3.8) is 0 Å². The molecule has 1 aromatic heterocycles. The van der Waals surface area contributed by atoms with Crippen LogP contribution in [0, 0.1) is 12.3 Å². The van der Waals surface area contributed by atoms with Crippen molar-refractivity contribution in [2.45, 2.75) is 20.0 Å². The predicted octanol–water partition coefficient (Wildman–Crippen LogP) is 2.38. The van der Waals surface area contributed by atoms with Crippen molar-refractivity contribution < 1.29 is 13.2 Å². The van der Waals surface area contributed by atoms with Crippen molar-refractivity contribution in [3.8, 4) is 0 Å². The Morgan fingerprint density at radius 1 is 1.47 bits per heavy atom. The van der Waals surface area contributed by atoms with E-state index in [1.165, 1.54) is 19.9 Å². The van der Waals surface area contributed by atoms with Gasteiger partial charge in [0.25, 0.3) is 0 Å². The van der Waals surface area contributed by atoms with E-state index in [0.717, 1.165) is 0 Å². The molecule has 0 aliphatic heterocycles. The number of nitrogen functional groups attached to an aromatic ring is 1. The average Bonchev–Trinajstić information content (AvgIpc) is 1.99. The molecule has 3 N–H and O–H groups in total. The molecule has 0 saturated carbocycles. The quantitative estimate of drug-likeness (QED) is 0.709. The van der Waals surface area contributed by atoms with Gasteiger partial charge in [0.1, 0.15) is 0 Å². The van der Waals surface area contributed by atoms with E-state index in [9.17, 15) is 13.2 Å². The number of nitrogens with zero attached hydrogens (tertiary/aromatic N) is 1. The summed E-state index contributed by atoms with van der Waals surface area (Å²) in [6.45, 7) is 2.67. The molecule has 0 radical (unpaired) electrons. The van der Waals surface area contributed by atoms with Crippen molar-refractivity contribution in [2.75, 3.05) is 5.73 Å². The van der Waals surface area contributed by atoms with E-state index in [-0.39, 0.29) is 22.7 Å². The number of alkyl halides is 3. The van der Waals surface area contributed by atoms with Crippen molar-refractivity contribution in [1.82, 2.24) is 4.98 Å². The molecule has 0 atom stereocenters. The number of aromatic nitrogens is 1. The smallest absolute Gasteiger partial charge is 0.398 e. The van der Waals surface area contributed by atoms with Crippen molar-refractivity contribution in [2.24, 2.45) is 0 Å². The molecule has 0 aromatic carbocycles. The highest BCUT2D eigenvalue weighted by atomic mass is 19.4. The summed E-state index contributed by atoms with van der Waals surface area (Å²) in [6, 6.07) is 1.32. The lowest BCUT2D eigenvalue weighted by Crippen LogP contribution is -2.17. The topological polar surface area (TPSA) is 62.8 Å². The minimum Gasteiger partial charge on any atom is -0.398 e. The Morgan fingerprint density at radius 2 is 2.00 bits per heavy atom. The fourth-order valence-corrected chi connectivity index (χ4v) is 1.30. The number of halogens is 3. The Bertz CT molecular complexity index is 410. The number of nitrogens with two attached hydrogens (primary N) is 1. The molecule has 0 saturated heterocycles. The standard InChI is InChI=1S/C9H10F3N3/c1-4-3-6(14)7(5(2)13)8(15-4)9(10,11)12/h3,13H,1-2H3,(H2,14,15). The highest BCUT2D eigenvalue weighted by molar-refractivity contribution is 6.02. The maximum absolute atomic E-state index is 12.6. The SMILES string of the molecule is CC(=N)c1c(N)cc(C)nc1C(F)(F)F. The van der Waals surface area contributed by atoms with Gasteiger partial charge in [-0.1, -0.05) is 0 Å². The highest BCUT2D eigenvalue weighted by Gasteiger charge is 2.37. The maximum Gasteiger partial charge on any atom is 0.434 e. The number of hydrogen-bond donors (Lipinski definition) is 2. The summed E-state index contributed by atoms with van der Waals surface area (Å²) in [4.78, 5) is 3.38. The lowest BCUT2D eigenvalue weighted by atomic mass is 10.1. The van der Waals surface area contributed by atoms with Crippen LogP contribution in [-0.4, -0.2) is 10.7 Å². The van der Waals surface area contributed by atoms with Crippen LogP contribution >= 0.6 is 0 Å². The molecule has 0 amide bonds. The lowest BCUT2D eigenvalue weighted by Gasteiger charge is -2.13. The molecule has 0 unspecified atom stereocenters. The van der Waals surface area contributed by atoms with Crippen LogP contribution < -0.4 is 5.73 Å². The molecular weight excluding hydrogens is 207 g/mol. The van der Waals surface area contributed by atoms with Gasteiger partial charge in [0.2, 0.25) is 0 Å². The minimum absolute atomic E-state index is 0.0673. The normalized spacial score (nSPS) is 11.5. The Kier molecular flexibility index (Phi) is 2.70. The molecule has 0 bridgehead atoms. The Labute approximate surface area is 84.6 Å². The molecule has 1 heterocycles. The van der Waals surface area contributed by atoms with Gasteiger partial charge in [-0.15, -0.1) is 0 Å². The van der Waals surface area contributed by atoms with E-state index in [0.29, 0.717) is 0 Å². The number of nitrogens with one attached hydrogen (secondary N) is 1. The van der Waals surface area contributed by atoms with Gasteiger partial charge in [-0.25, -0.2) is 4.98 Å². The highest BCUT2D eigenvalue weighted by Crippen LogP contribution is 2.33. The van der Waals surface area contributed by atoms with Gasteiger partial charge in [0.05, 0.1) is 0 Å². The third-order valence-electron chi connectivity index (χ3n) is 1.82. The van der Waals surface area contributed by atoms with Crippen molar-refractivity contribution in [1.29, 1.82) is 5.41 Å². The zero-order chi connectivity index (χ0) is 11.8. The predicted molar refractivity (Wildman–Crippen MR) is 50.9 cm³/mol. The number of anilines is 1. The largest absolute Gasteiger partial charge is 0.434 e. The van der Waals surface area contributed by atoms with E-state index in [1.807, 2.05) is 0 Å². The molecule has 3 nitrogen and oxygen atoms in total. The minimum atomic E-state index is -4.59. The van der Waals surface area contributed by atoms with Gasteiger partial charge in [0.15, 0.2) is 5.69 Å². The van der Waals surface area contributed by atoms with E-state index >= 15 is 0 Å². The molecule has 1 rings (SSSR count). The number of hydrogen-bond acceptors (Lipinski definition) is 3. The first-order valence-corrected chi connectivity index (χ1v) is 4.13. The maximum atomic E-state index is 12.6. The lowest BCUT2D eigenvalue weighted by molar-refractivity contribution is -0.141. The molecule has 1 aromatic rings. The molecular formula is C9H10F3N3. The van der Waals surface area contributed by atoms with E-state index < -0.39 is 11.9 Å². The Hall–Kier alpha value is -1.59. The summed E-state index contributed by atoms with van der Waals surface area (Å²) in [5, 5.41) is 7.25. The first kappa shape index (κ1) is 11.5. The summed E-state index contributed by atoms with van der Waals surface area (Å²) in [5.74, 6) is 0. The van der Waals surface area contributed by atoms with E-state index in [4.69, 9.17) is 11.1 Å². The summed E-state index contributed by atoms with van der Waals surface area (Å²) in [7, 11) is 0. The second-order valence-electron chi connectivity index (χ2n) is 3.20. The van der Waals surface area contributed by atoms with Crippen molar-refractivity contribution in [3.05, 3.63) is 23.0 Å². The Morgan fingerprint density at radius 3 is 2.40 bits per heavy atom. The third kappa shape index (κ3) is 2.26. The first-order valence-electron chi connectivity index (χ1n) is 4.13. The number of pyridine rings is 1. The van der Waals surface area contributed by atoms with Gasteiger partial charge < -0.3 is 11.1 Å². The average molecular weight is 217 g/mol. The molecule has 0 aliphatic carbocycles. The zero-order valence-electron chi connectivity index (χ0n) is 8.24. The molecule has 0 fully saturated rings. The molecule has 0 spiro atoms. The summed E-state index contributed by atoms with van der Waals surface area (Å²) in [5.41, 5.74) is 3.88. The van der Waals surface area contributed by atoms with Crippen LogP contribution in [0.3, 0.4) is 0 Å². The van der Waals surface area contributed by atoms with E-state index in [2.05, 4.69) is 4.98 Å². The van der Waals surface area contributed by atoms with Crippen LogP contribution in [0.25, 0.3) is 0 Å². The monoisotopic (exact) mass is 217 g/mol. The van der Waals surface area contributed by atoms with Crippen LogP contribution in [-0.2, 0) is 6.18 Å². The first-order chi connectivity index (χ1) is 6.73. The third-order valence-corrected chi connectivity index (χ3v) is 1.82. The van der Waals surface area contributed by atoms with Crippen LogP contribution in [0.15, 0.2) is 6.07 Å². The molecule has 82 valence electrons.